The van der Waals surface area contributed by atoms with Crippen LogP contribution in [0.15, 0.2) is 30.3 Å². The SMILES string of the molecule is CC(N[C@H](CO)c1ccccc1)C1CCN(C)CC1. The molecule has 1 fully saturated rings. The topological polar surface area (TPSA) is 35.5 Å². The fraction of sp³-hybridized carbons (Fsp3) is 0.625. The number of likely N-dealkylation sites (tertiary alicyclic amines) is 1. The Bertz CT molecular complexity index is 360. The highest BCUT2D eigenvalue weighted by Crippen LogP contribution is 2.22. The minimum absolute atomic E-state index is 0.0517. The molecular formula is C16H26N2O. The van der Waals surface area contributed by atoms with Crippen LogP contribution < -0.4 is 5.32 Å². The second kappa shape index (κ2) is 7.04. The predicted molar refractivity (Wildman–Crippen MR) is 79.1 cm³/mol. The number of nitrogens with one attached hydrogen (secondary N) is 1. The summed E-state index contributed by atoms with van der Waals surface area (Å²) in [6.45, 7) is 4.78. The molecule has 0 radical (unpaired) electrons. The normalized spacial score (nSPS) is 21.2. The van der Waals surface area contributed by atoms with Crippen molar-refractivity contribution in [1.29, 1.82) is 0 Å². The lowest BCUT2D eigenvalue weighted by molar-refractivity contribution is 0.168. The largest absolute Gasteiger partial charge is 0.394 e. The van der Waals surface area contributed by atoms with Gasteiger partial charge in [-0.25, -0.2) is 0 Å². The molecule has 2 atom stereocenters. The van der Waals surface area contributed by atoms with Crippen LogP contribution in [0.25, 0.3) is 0 Å². The quantitative estimate of drug-likeness (QED) is 0.852. The molecule has 1 aromatic carbocycles. The van der Waals surface area contributed by atoms with E-state index >= 15 is 0 Å². The van der Waals surface area contributed by atoms with E-state index in [0.29, 0.717) is 12.0 Å². The molecule has 1 heterocycles. The maximum atomic E-state index is 9.60. The first kappa shape index (κ1) is 14.5. The molecule has 106 valence electrons. The molecule has 2 N–H and O–H groups in total. The molecule has 0 saturated carbocycles. The van der Waals surface area contributed by atoms with Crippen molar-refractivity contribution in [3.05, 3.63) is 35.9 Å². The van der Waals surface area contributed by atoms with Crippen molar-refractivity contribution >= 4 is 0 Å². The summed E-state index contributed by atoms with van der Waals surface area (Å²) in [7, 11) is 2.19. The summed E-state index contributed by atoms with van der Waals surface area (Å²) in [5.41, 5.74) is 1.17. The Morgan fingerprint density at radius 2 is 1.89 bits per heavy atom. The first-order valence-electron chi connectivity index (χ1n) is 7.31. The van der Waals surface area contributed by atoms with E-state index in [4.69, 9.17) is 0 Å². The van der Waals surface area contributed by atoms with Gasteiger partial charge in [-0.05, 0) is 51.4 Å². The third kappa shape index (κ3) is 4.03. The minimum atomic E-state index is 0.0517. The van der Waals surface area contributed by atoms with Gasteiger partial charge < -0.3 is 15.3 Å². The molecule has 1 aliphatic rings. The minimum Gasteiger partial charge on any atom is -0.394 e. The van der Waals surface area contributed by atoms with E-state index in [1.54, 1.807) is 0 Å². The van der Waals surface area contributed by atoms with Crippen molar-refractivity contribution in [2.24, 2.45) is 5.92 Å². The Hall–Kier alpha value is -0.900. The predicted octanol–water partition coefficient (Wildman–Crippen LogP) is 2.04. The smallest absolute Gasteiger partial charge is 0.0626 e. The summed E-state index contributed by atoms with van der Waals surface area (Å²) in [4.78, 5) is 2.39. The van der Waals surface area contributed by atoms with Crippen LogP contribution in [0, 0.1) is 5.92 Å². The third-order valence-electron chi connectivity index (χ3n) is 4.32. The zero-order valence-electron chi connectivity index (χ0n) is 12.0. The zero-order chi connectivity index (χ0) is 13.7. The Balaban J connectivity index is 1.91. The van der Waals surface area contributed by atoms with Crippen LogP contribution in [-0.2, 0) is 0 Å². The van der Waals surface area contributed by atoms with Crippen LogP contribution in [0.2, 0.25) is 0 Å². The van der Waals surface area contributed by atoms with Crippen LogP contribution in [0.3, 0.4) is 0 Å². The number of aliphatic hydroxyl groups excluding tert-OH is 1. The zero-order valence-corrected chi connectivity index (χ0v) is 12.0. The average molecular weight is 262 g/mol. The molecule has 0 aromatic heterocycles. The van der Waals surface area contributed by atoms with E-state index in [1.165, 1.54) is 31.5 Å². The molecule has 0 spiro atoms. The van der Waals surface area contributed by atoms with Crippen LogP contribution in [0.1, 0.15) is 31.4 Å². The van der Waals surface area contributed by atoms with Crippen molar-refractivity contribution < 1.29 is 5.11 Å². The van der Waals surface area contributed by atoms with E-state index < -0.39 is 0 Å². The van der Waals surface area contributed by atoms with Crippen molar-refractivity contribution in [2.45, 2.75) is 31.8 Å². The molecule has 2 rings (SSSR count). The Morgan fingerprint density at radius 1 is 1.26 bits per heavy atom. The van der Waals surface area contributed by atoms with Crippen LogP contribution in [0.5, 0.6) is 0 Å². The van der Waals surface area contributed by atoms with E-state index in [0.717, 1.165) is 0 Å². The molecule has 3 heteroatoms. The van der Waals surface area contributed by atoms with Crippen molar-refractivity contribution in [3.8, 4) is 0 Å². The average Bonchev–Trinajstić information content (AvgIpc) is 2.46. The number of rotatable bonds is 5. The Labute approximate surface area is 116 Å². The number of benzene rings is 1. The fourth-order valence-electron chi connectivity index (χ4n) is 2.92. The van der Waals surface area contributed by atoms with Crippen molar-refractivity contribution in [2.75, 3.05) is 26.7 Å². The standard InChI is InChI=1S/C16H26N2O/c1-13(14-8-10-18(2)11-9-14)17-16(12-19)15-6-4-3-5-7-15/h3-7,13-14,16-17,19H,8-12H2,1-2H3/t13?,16-/m1/s1. The first-order chi connectivity index (χ1) is 9.20. The first-order valence-corrected chi connectivity index (χ1v) is 7.31. The molecular weight excluding hydrogens is 236 g/mol. The lowest BCUT2D eigenvalue weighted by Crippen LogP contribution is -2.42. The number of hydrogen-bond acceptors (Lipinski definition) is 3. The molecule has 0 bridgehead atoms. The maximum Gasteiger partial charge on any atom is 0.0626 e. The monoisotopic (exact) mass is 262 g/mol. The maximum absolute atomic E-state index is 9.60. The summed E-state index contributed by atoms with van der Waals surface area (Å²) in [5, 5.41) is 13.2. The van der Waals surface area contributed by atoms with Gasteiger partial charge in [0.05, 0.1) is 12.6 Å². The van der Waals surface area contributed by atoms with E-state index in [-0.39, 0.29) is 12.6 Å². The lowest BCUT2D eigenvalue weighted by Gasteiger charge is -2.34. The fourth-order valence-corrected chi connectivity index (χ4v) is 2.92. The Morgan fingerprint density at radius 3 is 2.47 bits per heavy atom. The molecule has 1 saturated heterocycles. The number of hydrogen-bond donors (Lipinski definition) is 2. The summed E-state index contributed by atoms with van der Waals surface area (Å²) in [5.74, 6) is 0.717. The number of aliphatic hydroxyl groups is 1. The summed E-state index contributed by atoms with van der Waals surface area (Å²) in [6, 6.07) is 10.7. The number of nitrogens with zero attached hydrogens (tertiary/aromatic N) is 1. The van der Waals surface area contributed by atoms with Gasteiger partial charge >= 0.3 is 0 Å². The van der Waals surface area contributed by atoms with Crippen molar-refractivity contribution in [3.63, 3.8) is 0 Å². The molecule has 1 aliphatic heterocycles. The van der Waals surface area contributed by atoms with Gasteiger partial charge in [-0.3, -0.25) is 0 Å². The van der Waals surface area contributed by atoms with E-state index in [9.17, 15) is 5.11 Å². The summed E-state index contributed by atoms with van der Waals surface area (Å²) in [6.07, 6.45) is 2.50. The molecule has 0 amide bonds. The molecule has 1 aromatic rings. The van der Waals surface area contributed by atoms with Gasteiger partial charge in [0.1, 0.15) is 0 Å². The van der Waals surface area contributed by atoms with E-state index in [1.807, 2.05) is 18.2 Å². The van der Waals surface area contributed by atoms with Gasteiger partial charge in [0.25, 0.3) is 0 Å². The highest BCUT2D eigenvalue weighted by Gasteiger charge is 2.24. The second-order valence-electron chi connectivity index (χ2n) is 5.74. The van der Waals surface area contributed by atoms with Crippen LogP contribution in [-0.4, -0.2) is 42.8 Å². The lowest BCUT2D eigenvalue weighted by atomic mass is 9.89. The highest BCUT2D eigenvalue weighted by molar-refractivity contribution is 5.19. The van der Waals surface area contributed by atoms with Gasteiger partial charge in [-0.15, -0.1) is 0 Å². The third-order valence-corrected chi connectivity index (χ3v) is 4.32. The molecule has 1 unspecified atom stereocenters. The number of piperidine rings is 1. The van der Waals surface area contributed by atoms with Crippen molar-refractivity contribution in [1.82, 2.24) is 10.2 Å². The van der Waals surface area contributed by atoms with Gasteiger partial charge in [0.15, 0.2) is 0 Å². The summed E-state index contributed by atoms with van der Waals surface area (Å²) >= 11 is 0. The van der Waals surface area contributed by atoms with Crippen LogP contribution in [0.4, 0.5) is 0 Å². The van der Waals surface area contributed by atoms with Gasteiger partial charge in [-0.1, -0.05) is 30.3 Å². The van der Waals surface area contributed by atoms with Gasteiger partial charge in [-0.2, -0.15) is 0 Å². The van der Waals surface area contributed by atoms with Crippen LogP contribution >= 0.6 is 0 Å². The van der Waals surface area contributed by atoms with Gasteiger partial charge in [0, 0.05) is 6.04 Å². The summed E-state index contributed by atoms with van der Waals surface area (Å²) < 4.78 is 0. The highest BCUT2D eigenvalue weighted by atomic mass is 16.3. The second-order valence-corrected chi connectivity index (χ2v) is 5.74. The molecule has 19 heavy (non-hydrogen) atoms. The van der Waals surface area contributed by atoms with Gasteiger partial charge in [0.2, 0.25) is 0 Å². The molecule has 3 nitrogen and oxygen atoms in total. The van der Waals surface area contributed by atoms with E-state index in [2.05, 4.69) is 36.3 Å². The molecule has 0 aliphatic carbocycles. The Kier molecular flexibility index (Phi) is 5.37.